The first-order valence-electron chi connectivity index (χ1n) is 6.74. The van der Waals surface area contributed by atoms with Crippen LogP contribution in [-0.2, 0) is 13.3 Å². The summed E-state index contributed by atoms with van der Waals surface area (Å²) < 4.78 is 17.4. The molecule has 104 valence electrons. The van der Waals surface area contributed by atoms with Crippen LogP contribution in [0.5, 0.6) is 0 Å². The van der Waals surface area contributed by atoms with Gasteiger partial charge in [-0.05, 0) is 45.1 Å². The third kappa shape index (κ3) is 8.21. The van der Waals surface area contributed by atoms with Crippen LogP contribution in [0, 0.1) is 0 Å². The van der Waals surface area contributed by atoms with E-state index in [2.05, 4.69) is 6.92 Å². The van der Waals surface area contributed by atoms with Crippen molar-refractivity contribution in [1.82, 2.24) is 0 Å². The molecule has 0 aliphatic carbocycles. The van der Waals surface area contributed by atoms with Crippen LogP contribution in [0.3, 0.4) is 0 Å². The van der Waals surface area contributed by atoms with E-state index in [-0.39, 0.29) is 0 Å². The van der Waals surface area contributed by atoms with Gasteiger partial charge in [-0.15, -0.1) is 0 Å². The molecule has 0 aromatic carbocycles. The average molecular weight is 281 g/mol. The molecule has 0 aliphatic heterocycles. The molecule has 0 spiro atoms. The molecule has 0 rings (SSSR count). The lowest BCUT2D eigenvalue weighted by Crippen LogP contribution is -2.46. The van der Waals surface area contributed by atoms with Crippen LogP contribution in [0.2, 0.25) is 6.04 Å². The monoisotopic (exact) mass is 280 g/mol. The van der Waals surface area contributed by atoms with Gasteiger partial charge in [0, 0.05) is 25.9 Å². The molecule has 0 saturated carbocycles. The fraction of sp³-hybridized carbons (Fsp3) is 1.00. The van der Waals surface area contributed by atoms with Crippen molar-refractivity contribution >= 4 is 20.6 Å². The van der Waals surface area contributed by atoms with Gasteiger partial charge in [0.05, 0.1) is 0 Å². The third-order valence-electron chi connectivity index (χ3n) is 2.21. The van der Waals surface area contributed by atoms with E-state index in [1.165, 1.54) is 17.9 Å². The zero-order valence-electron chi connectivity index (χ0n) is 11.8. The minimum absolute atomic E-state index is 0.675. The Hall–Kier alpha value is 0.447. The molecule has 0 N–H and O–H groups in total. The lowest BCUT2D eigenvalue weighted by Gasteiger charge is -2.28. The molecule has 0 heterocycles. The van der Waals surface area contributed by atoms with Gasteiger partial charge in [-0.2, -0.15) is 11.8 Å². The molecule has 3 nitrogen and oxygen atoms in total. The highest BCUT2D eigenvalue weighted by Crippen LogP contribution is 2.20. The summed E-state index contributed by atoms with van der Waals surface area (Å²) in [6.07, 6.45) is 2.37. The topological polar surface area (TPSA) is 27.7 Å². The smallest absolute Gasteiger partial charge is 0.374 e. The van der Waals surface area contributed by atoms with Gasteiger partial charge >= 0.3 is 8.80 Å². The highest BCUT2D eigenvalue weighted by molar-refractivity contribution is 7.99. The molecule has 0 atom stereocenters. The Bertz CT molecular complexity index is 153. The van der Waals surface area contributed by atoms with Crippen LogP contribution in [0.1, 0.15) is 40.5 Å². The van der Waals surface area contributed by atoms with Crippen molar-refractivity contribution in [3.8, 4) is 0 Å². The predicted molar refractivity (Wildman–Crippen MR) is 77.7 cm³/mol. The Balaban J connectivity index is 4.05. The third-order valence-corrected chi connectivity index (χ3v) is 6.64. The first-order chi connectivity index (χ1) is 8.24. The zero-order valence-corrected chi connectivity index (χ0v) is 13.6. The van der Waals surface area contributed by atoms with Gasteiger partial charge in [0.25, 0.3) is 0 Å². The van der Waals surface area contributed by atoms with Crippen LogP contribution in [-0.4, -0.2) is 40.1 Å². The van der Waals surface area contributed by atoms with E-state index in [9.17, 15) is 0 Å². The summed E-state index contributed by atoms with van der Waals surface area (Å²) in [5, 5.41) is 0. The average Bonchev–Trinajstić information content (AvgIpc) is 2.30. The quantitative estimate of drug-likeness (QED) is 0.403. The van der Waals surface area contributed by atoms with Crippen molar-refractivity contribution in [3.63, 3.8) is 0 Å². The number of thioether (sulfide) groups is 1. The molecule has 5 heteroatoms. The Morgan fingerprint density at radius 1 is 0.824 bits per heavy atom. The van der Waals surface area contributed by atoms with Crippen molar-refractivity contribution in [1.29, 1.82) is 0 Å². The second-order valence-electron chi connectivity index (χ2n) is 3.70. The summed E-state index contributed by atoms with van der Waals surface area (Å²) in [5.41, 5.74) is 0. The molecule has 0 aliphatic rings. The highest BCUT2D eigenvalue weighted by Gasteiger charge is 2.39. The summed E-state index contributed by atoms with van der Waals surface area (Å²) in [6.45, 7) is 10.3. The predicted octanol–water partition coefficient (Wildman–Crippen LogP) is 3.57. The zero-order chi connectivity index (χ0) is 13.0. The summed E-state index contributed by atoms with van der Waals surface area (Å²) in [6, 6.07) is 0.944. The minimum Gasteiger partial charge on any atom is -0.374 e. The summed E-state index contributed by atoms with van der Waals surface area (Å²) >= 11 is 2.00. The van der Waals surface area contributed by atoms with E-state index in [4.69, 9.17) is 13.3 Å². The first-order valence-corrected chi connectivity index (χ1v) is 9.82. The number of hydrogen-bond donors (Lipinski definition) is 0. The van der Waals surface area contributed by atoms with Crippen LogP contribution >= 0.6 is 11.8 Å². The molecule has 0 aromatic rings. The molecule has 0 unspecified atom stereocenters. The van der Waals surface area contributed by atoms with Crippen molar-refractivity contribution in [3.05, 3.63) is 0 Å². The Labute approximate surface area is 112 Å². The molecule has 0 radical (unpaired) electrons. The molecule has 0 saturated heterocycles. The van der Waals surface area contributed by atoms with Gasteiger partial charge in [0.1, 0.15) is 0 Å². The van der Waals surface area contributed by atoms with E-state index >= 15 is 0 Å². The highest BCUT2D eigenvalue weighted by atomic mass is 32.2. The van der Waals surface area contributed by atoms with Crippen LogP contribution in [0.15, 0.2) is 0 Å². The normalized spacial score (nSPS) is 12.0. The molecule has 0 amide bonds. The molecule has 0 bridgehead atoms. The van der Waals surface area contributed by atoms with Gasteiger partial charge < -0.3 is 13.3 Å². The maximum Gasteiger partial charge on any atom is 0.500 e. The maximum atomic E-state index is 5.80. The summed E-state index contributed by atoms with van der Waals surface area (Å²) in [7, 11) is -2.37. The number of hydrogen-bond acceptors (Lipinski definition) is 4. The molecule has 0 aromatic heterocycles. The second kappa shape index (κ2) is 11.5. The van der Waals surface area contributed by atoms with Gasteiger partial charge in [0.2, 0.25) is 0 Å². The van der Waals surface area contributed by atoms with Crippen LogP contribution < -0.4 is 0 Å². The van der Waals surface area contributed by atoms with Gasteiger partial charge in [0.15, 0.2) is 0 Å². The largest absolute Gasteiger partial charge is 0.500 e. The van der Waals surface area contributed by atoms with Gasteiger partial charge in [-0.1, -0.05) is 6.92 Å². The Kier molecular flexibility index (Phi) is 11.8. The van der Waals surface area contributed by atoms with Crippen molar-refractivity contribution in [2.75, 3.05) is 31.3 Å². The lowest BCUT2D eigenvalue weighted by atomic mass is 10.6. The summed E-state index contributed by atoms with van der Waals surface area (Å²) in [4.78, 5) is 0. The summed E-state index contributed by atoms with van der Waals surface area (Å²) in [5.74, 6) is 2.42. The van der Waals surface area contributed by atoms with Gasteiger partial charge in [-0.25, -0.2) is 0 Å². The van der Waals surface area contributed by atoms with E-state index in [0.29, 0.717) is 19.8 Å². The molecular formula is C12H28O3SSi. The second-order valence-corrected chi connectivity index (χ2v) is 7.65. The van der Waals surface area contributed by atoms with E-state index in [1.807, 2.05) is 32.5 Å². The van der Waals surface area contributed by atoms with Gasteiger partial charge in [-0.3, -0.25) is 0 Å². The lowest BCUT2D eigenvalue weighted by molar-refractivity contribution is 0.0712. The molecule has 17 heavy (non-hydrogen) atoms. The van der Waals surface area contributed by atoms with E-state index in [0.717, 1.165) is 12.5 Å². The van der Waals surface area contributed by atoms with Crippen molar-refractivity contribution in [2.45, 2.75) is 46.6 Å². The van der Waals surface area contributed by atoms with Crippen LogP contribution in [0.25, 0.3) is 0 Å². The maximum absolute atomic E-state index is 5.80. The SMILES string of the molecule is CCCSCCC[Si](OCC)(OCC)OCC. The molecule has 0 fully saturated rings. The van der Waals surface area contributed by atoms with E-state index in [1.54, 1.807) is 0 Å². The van der Waals surface area contributed by atoms with E-state index < -0.39 is 8.80 Å². The fourth-order valence-electron chi connectivity index (χ4n) is 1.64. The van der Waals surface area contributed by atoms with Crippen molar-refractivity contribution < 1.29 is 13.3 Å². The first kappa shape index (κ1) is 17.4. The number of rotatable bonds is 12. The molecular weight excluding hydrogens is 252 g/mol. The Morgan fingerprint density at radius 2 is 1.35 bits per heavy atom. The standard InChI is InChI=1S/C12H28O3SSi/c1-5-10-16-11-9-12-17(13-6-2,14-7-3)15-8-4/h5-12H2,1-4H3. The van der Waals surface area contributed by atoms with Crippen LogP contribution in [0.4, 0.5) is 0 Å². The Morgan fingerprint density at radius 3 is 1.76 bits per heavy atom. The minimum atomic E-state index is -2.37. The fourth-order valence-corrected chi connectivity index (χ4v) is 5.35. The van der Waals surface area contributed by atoms with Crippen molar-refractivity contribution in [2.24, 2.45) is 0 Å².